The second kappa shape index (κ2) is 7.32. The summed E-state index contributed by atoms with van der Waals surface area (Å²) in [7, 11) is 0. The van der Waals surface area contributed by atoms with Gasteiger partial charge in [0.1, 0.15) is 17.5 Å². The van der Waals surface area contributed by atoms with Crippen LogP contribution in [0.1, 0.15) is 17.0 Å². The summed E-state index contributed by atoms with van der Waals surface area (Å²) < 4.78 is 0. The lowest BCUT2D eigenvalue weighted by Gasteiger charge is -2.11. The first kappa shape index (κ1) is 16.3. The number of aryl methyl sites for hydroxylation is 2. The summed E-state index contributed by atoms with van der Waals surface area (Å²) >= 11 is 5.91. The summed E-state index contributed by atoms with van der Waals surface area (Å²) in [6.07, 6.45) is 0. The Labute approximate surface area is 146 Å². The molecule has 24 heavy (non-hydrogen) atoms. The molecule has 1 heterocycles. The van der Waals surface area contributed by atoms with E-state index in [9.17, 15) is 0 Å². The first-order valence-corrected chi connectivity index (χ1v) is 8.14. The molecule has 0 atom stereocenters. The minimum Gasteiger partial charge on any atom is -0.366 e. The van der Waals surface area contributed by atoms with E-state index in [2.05, 4.69) is 51.8 Å². The zero-order valence-corrected chi connectivity index (χ0v) is 14.4. The quantitative estimate of drug-likeness (QED) is 0.679. The van der Waals surface area contributed by atoms with Crippen LogP contribution in [0.25, 0.3) is 0 Å². The SMILES string of the molecule is Cc1cccc(CNc2cc(Nc3ccc(Cl)cc3)nc(C)n2)c1. The van der Waals surface area contributed by atoms with Crippen molar-refractivity contribution in [3.05, 3.63) is 76.6 Å². The number of halogens is 1. The van der Waals surface area contributed by atoms with Crippen molar-refractivity contribution in [3.8, 4) is 0 Å². The Balaban J connectivity index is 1.72. The highest BCUT2D eigenvalue weighted by Crippen LogP contribution is 2.20. The third kappa shape index (κ3) is 4.46. The minimum atomic E-state index is 0.708. The van der Waals surface area contributed by atoms with Gasteiger partial charge in [-0.25, -0.2) is 9.97 Å². The van der Waals surface area contributed by atoms with Crippen molar-refractivity contribution in [1.29, 1.82) is 0 Å². The molecule has 4 nitrogen and oxygen atoms in total. The topological polar surface area (TPSA) is 49.8 Å². The molecule has 3 rings (SSSR count). The predicted octanol–water partition coefficient (Wildman–Crippen LogP) is 5.10. The molecule has 1 aromatic heterocycles. The molecule has 5 heteroatoms. The van der Waals surface area contributed by atoms with Crippen LogP contribution in [0, 0.1) is 13.8 Å². The van der Waals surface area contributed by atoms with Crippen molar-refractivity contribution in [2.75, 3.05) is 10.6 Å². The average molecular weight is 339 g/mol. The number of benzene rings is 2. The van der Waals surface area contributed by atoms with Gasteiger partial charge in [0.25, 0.3) is 0 Å². The van der Waals surface area contributed by atoms with Crippen molar-refractivity contribution in [2.24, 2.45) is 0 Å². The van der Waals surface area contributed by atoms with E-state index in [0.717, 1.165) is 23.9 Å². The van der Waals surface area contributed by atoms with E-state index in [1.165, 1.54) is 11.1 Å². The van der Waals surface area contributed by atoms with Gasteiger partial charge in [-0.05, 0) is 43.7 Å². The van der Waals surface area contributed by atoms with Crippen molar-refractivity contribution >= 4 is 28.9 Å². The maximum absolute atomic E-state index is 5.91. The Bertz CT molecular complexity index is 831. The average Bonchev–Trinajstić information content (AvgIpc) is 2.55. The van der Waals surface area contributed by atoms with Crippen LogP contribution in [0.4, 0.5) is 17.3 Å². The molecule has 0 saturated heterocycles. The second-order valence-electron chi connectivity index (χ2n) is 5.66. The normalized spacial score (nSPS) is 10.5. The molecule has 0 aliphatic carbocycles. The molecule has 0 radical (unpaired) electrons. The van der Waals surface area contributed by atoms with Crippen LogP contribution in [0.2, 0.25) is 5.02 Å². The van der Waals surface area contributed by atoms with Crippen molar-refractivity contribution in [3.63, 3.8) is 0 Å². The molecule has 0 aliphatic heterocycles. The van der Waals surface area contributed by atoms with Crippen molar-refractivity contribution < 1.29 is 0 Å². The molecule has 0 aliphatic rings. The molecular weight excluding hydrogens is 320 g/mol. The van der Waals surface area contributed by atoms with E-state index >= 15 is 0 Å². The van der Waals surface area contributed by atoms with Gasteiger partial charge in [0.2, 0.25) is 0 Å². The summed E-state index contributed by atoms with van der Waals surface area (Å²) in [4.78, 5) is 8.87. The summed E-state index contributed by atoms with van der Waals surface area (Å²) in [5.74, 6) is 2.25. The van der Waals surface area contributed by atoms with Gasteiger partial charge < -0.3 is 10.6 Å². The maximum atomic E-state index is 5.91. The molecular formula is C19H19ClN4. The van der Waals surface area contributed by atoms with Gasteiger partial charge in [0, 0.05) is 23.3 Å². The largest absolute Gasteiger partial charge is 0.366 e. The summed E-state index contributed by atoms with van der Waals surface area (Å²) in [5.41, 5.74) is 3.40. The van der Waals surface area contributed by atoms with Gasteiger partial charge in [-0.2, -0.15) is 0 Å². The lowest BCUT2D eigenvalue weighted by atomic mass is 10.1. The molecule has 122 valence electrons. The van der Waals surface area contributed by atoms with Crippen LogP contribution in [0.15, 0.2) is 54.6 Å². The maximum Gasteiger partial charge on any atom is 0.136 e. The van der Waals surface area contributed by atoms with Gasteiger partial charge >= 0.3 is 0 Å². The minimum absolute atomic E-state index is 0.708. The first-order chi connectivity index (χ1) is 11.6. The summed E-state index contributed by atoms with van der Waals surface area (Å²) in [6.45, 7) is 4.69. The number of aromatic nitrogens is 2. The van der Waals surface area contributed by atoms with Gasteiger partial charge in [-0.3, -0.25) is 0 Å². The molecule has 0 fully saturated rings. The lowest BCUT2D eigenvalue weighted by molar-refractivity contribution is 1.02. The number of anilines is 3. The number of hydrogen-bond acceptors (Lipinski definition) is 4. The van der Waals surface area contributed by atoms with Crippen LogP contribution in [-0.2, 0) is 6.54 Å². The molecule has 0 spiro atoms. The van der Waals surface area contributed by atoms with Crippen molar-refractivity contribution in [1.82, 2.24) is 9.97 Å². The zero-order chi connectivity index (χ0) is 16.9. The van der Waals surface area contributed by atoms with E-state index in [-0.39, 0.29) is 0 Å². The smallest absolute Gasteiger partial charge is 0.136 e. The van der Waals surface area contributed by atoms with Crippen LogP contribution >= 0.6 is 11.6 Å². The van der Waals surface area contributed by atoms with Gasteiger partial charge in [0.05, 0.1) is 0 Å². The Morgan fingerprint density at radius 1 is 0.917 bits per heavy atom. The Morgan fingerprint density at radius 3 is 2.42 bits per heavy atom. The Morgan fingerprint density at radius 2 is 1.67 bits per heavy atom. The van der Waals surface area contributed by atoms with E-state index in [4.69, 9.17) is 11.6 Å². The van der Waals surface area contributed by atoms with Crippen molar-refractivity contribution in [2.45, 2.75) is 20.4 Å². The number of nitrogens with zero attached hydrogens (tertiary/aromatic N) is 2. The molecule has 0 bridgehead atoms. The van der Waals surface area contributed by atoms with Crippen LogP contribution in [-0.4, -0.2) is 9.97 Å². The molecule has 0 saturated carbocycles. The summed E-state index contributed by atoms with van der Waals surface area (Å²) in [5, 5.41) is 7.33. The van der Waals surface area contributed by atoms with Crippen LogP contribution < -0.4 is 10.6 Å². The van der Waals surface area contributed by atoms with Gasteiger partial charge in [-0.1, -0.05) is 41.4 Å². The monoisotopic (exact) mass is 338 g/mol. The van der Waals surface area contributed by atoms with E-state index < -0.39 is 0 Å². The highest BCUT2D eigenvalue weighted by atomic mass is 35.5. The molecule has 0 unspecified atom stereocenters. The molecule has 0 amide bonds. The molecule has 3 aromatic rings. The Hall–Kier alpha value is -2.59. The molecule has 2 N–H and O–H groups in total. The highest BCUT2D eigenvalue weighted by Gasteiger charge is 2.03. The number of nitrogens with one attached hydrogen (secondary N) is 2. The number of rotatable bonds is 5. The Kier molecular flexibility index (Phi) is 4.96. The van der Waals surface area contributed by atoms with Gasteiger partial charge in [0.15, 0.2) is 0 Å². The first-order valence-electron chi connectivity index (χ1n) is 7.76. The predicted molar refractivity (Wildman–Crippen MR) is 100 cm³/mol. The van der Waals surface area contributed by atoms with E-state index in [1.807, 2.05) is 37.3 Å². The van der Waals surface area contributed by atoms with Gasteiger partial charge in [-0.15, -0.1) is 0 Å². The summed E-state index contributed by atoms with van der Waals surface area (Å²) in [6, 6.07) is 17.8. The standard InChI is InChI=1S/C19H19ClN4/c1-13-4-3-5-15(10-13)12-21-18-11-19(23-14(2)22-18)24-17-8-6-16(20)7-9-17/h3-11H,12H2,1-2H3,(H2,21,22,23,24). The highest BCUT2D eigenvalue weighted by molar-refractivity contribution is 6.30. The number of hydrogen-bond donors (Lipinski definition) is 2. The molecule has 2 aromatic carbocycles. The fourth-order valence-electron chi connectivity index (χ4n) is 2.42. The fourth-order valence-corrected chi connectivity index (χ4v) is 2.54. The third-order valence-electron chi connectivity index (χ3n) is 3.51. The fraction of sp³-hybridized carbons (Fsp3) is 0.158. The van der Waals surface area contributed by atoms with E-state index in [0.29, 0.717) is 10.8 Å². The zero-order valence-electron chi connectivity index (χ0n) is 13.7. The van der Waals surface area contributed by atoms with Crippen LogP contribution in [0.3, 0.4) is 0 Å². The van der Waals surface area contributed by atoms with E-state index in [1.54, 1.807) is 0 Å². The lowest BCUT2D eigenvalue weighted by Crippen LogP contribution is -2.05. The third-order valence-corrected chi connectivity index (χ3v) is 3.76. The van der Waals surface area contributed by atoms with Crippen LogP contribution in [0.5, 0.6) is 0 Å². The second-order valence-corrected chi connectivity index (χ2v) is 6.10.